The Hall–Kier alpha value is -1.13. The van der Waals surface area contributed by atoms with Gasteiger partial charge in [0.05, 0.1) is 0 Å². The van der Waals surface area contributed by atoms with Crippen molar-refractivity contribution in [1.82, 2.24) is 4.98 Å². The van der Waals surface area contributed by atoms with E-state index >= 15 is 0 Å². The maximum Gasteiger partial charge on any atom is 0.574 e. The molecule has 0 unspecified atom stereocenters. The predicted molar refractivity (Wildman–Crippen MR) is 55.4 cm³/mol. The molecule has 0 saturated heterocycles. The van der Waals surface area contributed by atoms with Gasteiger partial charge in [0.25, 0.3) is 0 Å². The molecule has 0 radical (unpaired) electrons. The van der Waals surface area contributed by atoms with E-state index in [9.17, 15) is 22.4 Å². The quantitative estimate of drug-likeness (QED) is 0.509. The smallest absolute Gasteiger partial charge is 0.477 e. The van der Waals surface area contributed by atoms with Crippen LogP contribution in [0.5, 0.6) is 5.88 Å². The highest BCUT2D eigenvalue weighted by atomic mass is 127. The van der Waals surface area contributed by atoms with E-state index < -0.39 is 36.0 Å². The molecule has 17 heavy (non-hydrogen) atoms. The summed E-state index contributed by atoms with van der Waals surface area (Å²) >= 11 is 1.53. The van der Waals surface area contributed by atoms with Crippen molar-refractivity contribution in [3.05, 3.63) is 20.9 Å². The third-order valence-corrected chi connectivity index (χ3v) is 2.16. The highest BCUT2D eigenvalue weighted by Crippen LogP contribution is 2.28. The third-order valence-electron chi connectivity index (χ3n) is 1.61. The van der Waals surface area contributed by atoms with Crippen LogP contribution in [0.15, 0.2) is 6.07 Å². The molecule has 1 aromatic rings. The molecule has 1 aromatic heterocycles. The summed E-state index contributed by atoms with van der Waals surface area (Å²) in [7, 11) is 0. The van der Waals surface area contributed by atoms with Crippen LogP contribution in [-0.2, 0) is 6.67 Å². The molecule has 0 bridgehead atoms. The van der Waals surface area contributed by atoms with Crippen molar-refractivity contribution < 1.29 is 32.2 Å². The highest BCUT2D eigenvalue weighted by Gasteiger charge is 2.35. The van der Waals surface area contributed by atoms with Gasteiger partial charge < -0.3 is 9.84 Å². The van der Waals surface area contributed by atoms with E-state index in [2.05, 4.69) is 9.72 Å². The normalized spacial score (nSPS) is 11.4. The molecule has 1 heterocycles. The summed E-state index contributed by atoms with van der Waals surface area (Å²) in [6.45, 7) is -1.23. The van der Waals surface area contributed by atoms with Crippen molar-refractivity contribution in [3.8, 4) is 5.88 Å². The summed E-state index contributed by atoms with van der Waals surface area (Å²) in [5.41, 5.74) is -1.35. The lowest BCUT2D eigenvalue weighted by Crippen LogP contribution is -2.21. The summed E-state index contributed by atoms with van der Waals surface area (Å²) in [5.74, 6) is -2.90. The Labute approximate surface area is 106 Å². The zero-order valence-corrected chi connectivity index (χ0v) is 10.0. The van der Waals surface area contributed by atoms with Crippen molar-refractivity contribution in [1.29, 1.82) is 0 Å². The topological polar surface area (TPSA) is 59.4 Å². The lowest BCUT2D eigenvalue weighted by atomic mass is 10.1. The van der Waals surface area contributed by atoms with Gasteiger partial charge in [-0.05, 0) is 28.7 Å². The molecular weight excluding hydrogens is 361 g/mol. The molecule has 94 valence electrons. The van der Waals surface area contributed by atoms with Crippen molar-refractivity contribution in [2.45, 2.75) is 13.0 Å². The second-order valence-corrected chi connectivity index (χ2v) is 3.88. The first-order valence-corrected chi connectivity index (χ1v) is 5.07. The Balaban J connectivity index is 3.35. The lowest BCUT2D eigenvalue weighted by Gasteiger charge is -2.12. The number of alkyl halides is 4. The fourth-order valence-corrected chi connectivity index (χ4v) is 1.65. The fourth-order valence-electron chi connectivity index (χ4n) is 1.06. The number of carboxylic acids is 1. The van der Waals surface area contributed by atoms with Gasteiger partial charge in [0.1, 0.15) is 15.9 Å². The number of aromatic carboxylic acids is 1. The first-order valence-electron chi connectivity index (χ1n) is 3.99. The van der Waals surface area contributed by atoms with Gasteiger partial charge in [-0.1, -0.05) is 0 Å². The monoisotopic (exact) mass is 365 g/mol. The van der Waals surface area contributed by atoms with Crippen molar-refractivity contribution in [2.75, 3.05) is 0 Å². The number of rotatable bonds is 3. The van der Waals surface area contributed by atoms with Gasteiger partial charge in [-0.2, -0.15) is 0 Å². The second kappa shape index (κ2) is 5.02. The minimum absolute atomic E-state index is 0.000463. The second-order valence-electron chi connectivity index (χ2n) is 2.77. The molecule has 1 N–H and O–H groups in total. The van der Waals surface area contributed by atoms with Gasteiger partial charge in [-0.15, -0.1) is 13.2 Å². The van der Waals surface area contributed by atoms with E-state index in [1.165, 1.54) is 22.6 Å². The maximum absolute atomic E-state index is 12.5. The zero-order chi connectivity index (χ0) is 13.2. The minimum atomic E-state index is -5.09. The molecule has 0 aromatic carbocycles. The molecule has 0 aliphatic heterocycles. The molecular formula is C8H4F4INO3. The van der Waals surface area contributed by atoms with Crippen LogP contribution < -0.4 is 4.74 Å². The Kier molecular flexibility index (Phi) is 4.11. The van der Waals surface area contributed by atoms with Crippen molar-refractivity contribution in [3.63, 3.8) is 0 Å². The minimum Gasteiger partial charge on any atom is -0.477 e. The standard InChI is InChI=1S/C8H4F4INO3/c9-2-3-1-4(13)14-6(5(3)7(15)16)17-8(10,11)12/h1H,2H2,(H,15,16). The molecule has 0 saturated carbocycles. The Morgan fingerprint density at radius 1 is 1.53 bits per heavy atom. The van der Waals surface area contributed by atoms with Crippen LogP contribution in [0.2, 0.25) is 0 Å². The molecule has 0 atom stereocenters. The number of carbonyl (C=O) groups is 1. The van der Waals surface area contributed by atoms with E-state index in [1.807, 2.05) is 0 Å². The summed E-state index contributed by atoms with van der Waals surface area (Å²) in [6.07, 6.45) is -5.09. The van der Waals surface area contributed by atoms with Crippen LogP contribution in [0, 0.1) is 3.70 Å². The number of aromatic nitrogens is 1. The largest absolute Gasteiger partial charge is 0.574 e. The molecule has 9 heteroatoms. The first-order chi connectivity index (χ1) is 7.74. The van der Waals surface area contributed by atoms with Crippen LogP contribution in [0.25, 0.3) is 0 Å². The number of hydrogen-bond acceptors (Lipinski definition) is 3. The average Bonchev–Trinajstić information content (AvgIpc) is 2.12. The Bertz CT molecular complexity index is 449. The Morgan fingerprint density at radius 2 is 2.12 bits per heavy atom. The van der Waals surface area contributed by atoms with Crippen LogP contribution in [-0.4, -0.2) is 22.4 Å². The van der Waals surface area contributed by atoms with E-state index in [1.54, 1.807) is 0 Å². The average molecular weight is 365 g/mol. The van der Waals surface area contributed by atoms with Crippen molar-refractivity contribution in [2.24, 2.45) is 0 Å². The van der Waals surface area contributed by atoms with Gasteiger partial charge >= 0.3 is 12.3 Å². The lowest BCUT2D eigenvalue weighted by molar-refractivity contribution is -0.276. The third kappa shape index (κ3) is 3.68. The van der Waals surface area contributed by atoms with Gasteiger partial charge in [-0.25, -0.2) is 14.2 Å². The SMILES string of the molecule is O=C(O)c1c(CF)cc(I)nc1OC(F)(F)F. The zero-order valence-electron chi connectivity index (χ0n) is 7.89. The first kappa shape index (κ1) is 13.9. The molecule has 0 spiro atoms. The van der Waals surface area contributed by atoms with E-state index in [0.717, 1.165) is 6.07 Å². The van der Waals surface area contributed by atoms with Crippen LogP contribution in [0.4, 0.5) is 17.6 Å². The van der Waals surface area contributed by atoms with E-state index in [-0.39, 0.29) is 3.70 Å². The molecule has 4 nitrogen and oxygen atoms in total. The van der Waals surface area contributed by atoms with E-state index in [0.29, 0.717) is 0 Å². The number of pyridine rings is 1. The number of halogens is 5. The number of ether oxygens (including phenoxy) is 1. The molecule has 1 rings (SSSR count). The summed E-state index contributed by atoms with van der Waals surface area (Å²) in [6, 6.07) is 1.03. The van der Waals surface area contributed by atoms with Gasteiger partial charge in [-0.3, -0.25) is 0 Å². The molecule has 0 aliphatic rings. The van der Waals surface area contributed by atoms with Gasteiger partial charge in [0, 0.05) is 5.56 Å². The predicted octanol–water partition coefficient (Wildman–Crippen LogP) is 2.75. The maximum atomic E-state index is 12.5. The van der Waals surface area contributed by atoms with Crippen LogP contribution in [0.1, 0.15) is 15.9 Å². The molecule has 0 amide bonds. The molecule has 0 aliphatic carbocycles. The molecule has 0 fully saturated rings. The number of nitrogens with zero attached hydrogens (tertiary/aromatic N) is 1. The Morgan fingerprint density at radius 3 is 2.53 bits per heavy atom. The fraction of sp³-hybridized carbons (Fsp3) is 0.250. The van der Waals surface area contributed by atoms with Crippen LogP contribution >= 0.6 is 22.6 Å². The number of hydrogen-bond donors (Lipinski definition) is 1. The summed E-state index contributed by atoms with van der Waals surface area (Å²) < 4.78 is 52.0. The van der Waals surface area contributed by atoms with E-state index in [4.69, 9.17) is 5.11 Å². The summed E-state index contributed by atoms with van der Waals surface area (Å²) in [4.78, 5) is 14.0. The summed E-state index contributed by atoms with van der Waals surface area (Å²) in [5, 5.41) is 8.71. The number of carboxylic acid groups (broad SMARTS) is 1. The van der Waals surface area contributed by atoms with Gasteiger partial charge in [0.15, 0.2) is 0 Å². The highest BCUT2D eigenvalue weighted by molar-refractivity contribution is 14.1. The van der Waals surface area contributed by atoms with Crippen molar-refractivity contribution >= 4 is 28.6 Å². The van der Waals surface area contributed by atoms with Gasteiger partial charge in [0.2, 0.25) is 5.88 Å². The van der Waals surface area contributed by atoms with Crippen LogP contribution in [0.3, 0.4) is 0 Å².